The van der Waals surface area contributed by atoms with Gasteiger partial charge in [-0.3, -0.25) is 4.79 Å². The summed E-state index contributed by atoms with van der Waals surface area (Å²) in [6, 6.07) is 5.59. The number of hydrogen-bond donors (Lipinski definition) is 1. The zero-order valence-corrected chi connectivity index (χ0v) is 10.4. The molecule has 0 atom stereocenters. The molecular formula is C13H19NO3. The molecule has 4 heteroatoms. The minimum atomic E-state index is -0.347. The maximum absolute atomic E-state index is 10.9. The van der Waals surface area contributed by atoms with E-state index in [1.165, 1.54) is 6.92 Å². The van der Waals surface area contributed by atoms with Gasteiger partial charge in [-0.25, -0.2) is 0 Å². The van der Waals surface area contributed by atoms with Crippen LogP contribution in [0.25, 0.3) is 0 Å². The van der Waals surface area contributed by atoms with E-state index in [-0.39, 0.29) is 5.97 Å². The van der Waals surface area contributed by atoms with Crippen LogP contribution in [-0.2, 0) is 11.2 Å². The van der Waals surface area contributed by atoms with Gasteiger partial charge in [0.15, 0.2) is 11.5 Å². The third-order valence-corrected chi connectivity index (χ3v) is 2.23. The van der Waals surface area contributed by atoms with Crippen molar-refractivity contribution >= 4 is 5.97 Å². The number of rotatable bonds is 6. The monoisotopic (exact) mass is 237 g/mol. The van der Waals surface area contributed by atoms with Crippen LogP contribution in [0.1, 0.15) is 25.8 Å². The Kier molecular flexibility index (Phi) is 5.49. The Hall–Kier alpha value is -1.55. The molecule has 2 N–H and O–H groups in total. The van der Waals surface area contributed by atoms with Crippen LogP contribution in [0.4, 0.5) is 0 Å². The van der Waals surface area contributed by atoms with Crippen molar-refractivity contribution in [3.63, 3.8) is 0 Å². The third kappa shape index (κ3) is 4.44. The molecular weight excluding hydrogens is 218 g/mol. The molecule has 0 unspecified atom stereocenters. The summed E-state index contributed by atoms with van der Waals surface area (Å²) < 4.78 is 10.5. The summed E-state index contributed by atoms with van der Waals surface area (Å²) in [4.78, 5) is 10.9. The predicted molar refractivity (Wildman–Crippen MR) is 66.3 cm³/mol. The highest BCUT2D eigenvalue weighted by Gasteiger charge is 2.08. The van der Waals surface area contributed by atoms with E-state index in [2.05, 4.69) is 0 Å². The number of nitrogens with two attached hydrogens (primary N) is 1. The number of carbonyl (C=O) groups excluding carboxylic acids is 1. The van der Waals surface area contributed by atoms with Crippen LogP contribution in [0, 0.1) is 0 Å². The minimum Gasteiger partial charge on any atom is -0.490 e. The van der Waals surface area contributed by atoms with Crippen molar-refractivity contribution < 1.29 is 14.3 Å². The van der Waals surface area contributed by atoms with E-state index in [4.69, 9.17) is 15.2 Å². The Balaban J connectivity index is 2.86. The fourth-order valence-electron chi connectivity index (χ4n) is 1.52. The predicted octanol–water partition coefficient (Wildman–Crippen LogP) is 1.90. The second-order valence-corrected chi connectivity index (χ2v) is 3.70. The van der Waals surface area contributed by atoms with E-state index in [0.29, 0.717) is 24.7 Å². The summed E-state index contributed by atoms with van der Waals surface area (Å²) in [5.41, 5.74) is 6.60. The second-order valence-electron chi connectivity index (χ2n) is 3.70. The largest absolute Gasteiger partial charge is 0.490 e. The van der Waals surface area contributed by atoms with E-state index < -0.39 is 0 Å². The highest BCUT2D eigenvalue weighted by atomic mass is 16.6. The molecule has 0 fully saturated rings. The summed E-state index contributed by atoms with van der Waals surface area (Å²) in [7, 11) is 0. The van der Waals surface area contributed by atoms with Gasteiger partial charge in [-0.2, -0.15) is 0 Å². The van der Waals surface area contributed by atoms with E-state index in [1.807, 2.05) is 19.1 Å². The van der Waals surface area contributed by atoms with Crippen LogP contribution < -0.4 is 15.2 Å². The molecule has 0 aliphatic carbocycles. The van der Waals surface area contributed by atoms with Gasteiger partial charge in [0, 0.05) is 6.92 Å². The molecule has 94 valence electrons. The number of ether oxygens (including phenoxy) is 2. The van der Waals surface area contributed by atoms with E-state index >= 15 is 0 Å². The van der Waals surface area contributed by atoms with Crippen molar-refractivity contribution in [1.29, 1.82) is 0 Å². The molecule has 1 aromatic rings. The maximum atomic E-state index is 10.9. The molecule has 0 bridgehead atoms. The van der Waals surface area contributed by atoms with Crippen molar-refractivity contribution in [2.75, 3.05) is 13.2 Å². The quantitative estimate of drug-likeness (QED) is 0.606. The van der Waals surface area contributed by atoms with E-state index in [1.54, 1.807) is 6.07 Å². The van der Waals surface area contributed by atoms with Gasteiger partial charge in [-0.1, -0.05) is 6.07 Å². The summed E-state index contributed by atoms with van der Waals surface area (Å²) >= 11 is 0. The zero-order chi connectivity index (χ0) is 12.7. The maximum Gasteiger partial charge on any atom is 0.308 e. The number of carbonyl (C=O) groups is 1. The molecule has 0 spiro atoms. The Morgan fingerprint density at radius 3 is 2.71 bits per heavy atom. The molecule has 0 saturated heterocycles. The number of esters is 1. The van der Waals surface area contributed by atoms with Gasteiger partial charge in [-0.15, -0.1) is 0 Å². The zero-order valence-electron chi connectivity index (χ0n) is 10.4. The smallest absolute Gasteiger partial charge is 0.308 e. The number of hydrogen-bond acceptors (Lipinski definition) is 4. The normalized spacial score (nSPS) is 10.1. The average Bonchev–Trinajstić information content (AvgIpc) is 2.29. The van der Waals surface area contributed by atoms with E-state index in [9.17, 15) is 4.79 Å². The molecule has 0 aliphatic rings. The van der Waals surface area contributed by atoms with Crippen LogP contribution in [0.5, 0.6) is 11.5 Å². The Morgan fingerprint density at radius 1 is 1.35 bits per heavy atom. The molecule has 0 amide bonds. The standard InChI is InChI=1S/C13H19NO3/c1-3-16-13-9-11(5-4-8-14)6-7-12(13)17-10(2)15/h6-7,9H,3-5,8,14H2,1-2H3. The van der Waals surface area contributed by atoms with Gasteiger partial charge in [0.05, 0.1) is 6.61 Å². The first-order valence-electron chi connectivity index (χ1n) is 5.81. The molecule has 1 rings (SSSR count). The van der Waals surface area contributed by atoms with Gasteiger partial charge < -0.3 is 15.2 Å². The van der Waals surface area contributed by atoms with Gasteiger partial charge >= 0.3 is 5.97 Å². The third-order valence-electron chi connectivity index (χ3n) is 2.23. The van der Waals surface area contributed by atoms with Crippen molar-refractivity contribution in [1.82, 2.24) is 0 Å². The first kappa shape index (κ1) is 13.5. The second kappa shape index (κ2) is 6.91. The van der Waals surface area contributed by atoms with E-state index in [0.717, 1.165) is 18.4 Å². The molecule has 0 radical (unpaired) electrons. The Bertz CT molecular complexity index is 377. The lowest BCUT2D eigenvalue weighted by Gasteiger charge is -2.11. The van der Waals surface area contributed by atoms with Crippen molar-refractivity contribution in [3.8, 4) is 11.5 Å². The fourth-order valence-corrected chi connectivity index (χ4v) is 1.52. The highest BCUT2D eigenvalue weighted by Crippen LogP contribution is 2.29. The summed E-state index contributed by atoms with van der Waals surface area (Å²) in [5.74, 6) is 0.730. The van der Waals surface area contributed by atoms with Crippen molar-refractivity contribution in [2.24, 2.45) is 5.73 Å². The van der Waals surface area contributed by atoms with Crippen LogP contribution in [0.3, 0.4) is 0 Å². The van der Waals surface area contributed by atoms with Crippen LogP contribution in [-0.4, -0.2) is 19.1 Å². The first-order chi connectivity index (χ1) is 8.17. The topological polar surface area (TPSA) is 61.6 Å². The molecule has 17 heavy (non-hydrogen) atoms. The van der Waals surface area contributed by atoms with Crippen LogP contribution in [0.2, 0.25) is 0 Å². The minimum absolute atomic E-state index is 0.347. The molecule has 0 saturated carbocycles. The SMILES string of the molecule is CCOc1cc(CCCN)ccc1OC(C)=O. The molecule has 4 nitrogen and oxygen atoms in total. The number of benzene rings is 1. The average molecular weight is 237 g/mol. The van der Waals surface area contributed by atoms with Crippen LogP contribution in [0.15, 0.2) is 18.2 Å². The molecule has 0 aromatic heterocycles. The number of aryl methyl sites for hydroxylation is 1. The summed E-state index contributed by atoms with van der Waals surface area (Å²) in [6.45, 7) is 4.46. The molecule has 0 heterocycles. The van der Waals surface area contributed by atoms with Crippen LogP contribution >= 0.6 is 0 Å². The summed E-state index contributed by atoms with van der Waals surface area (Å²) in [6.07, 6.45) is 1.83. The molecule has 1 aromatic carbocycles. The lowest BCUT2D eigenvalue weighted by molar-refractivity contribution is -0.132. The lowest BCUT2D eigenvalue weighted by atomic mass is 10.1. The summed E-state index contributed by atoms with van der Waals surface area (Å²) in [5, 5.41) is 0. The van der Waals surface area contributed by atoms with Gasteiger partial charge in [0.25, 0.3) is 0 Å². The fraction of sp³-hybridized carbons (Fsp3) is 0.462. The Labute approximate surface area is 102 Å². The molecule has 0 aliphatic heterocycles. The van der Waals surface area contributed by atoms with Gasteiger partial charge in [0.2, 0.25) is 0 Å². The first-order valence-corrected chi connectivity index (χ1v) is 5.81. The van der Waals surface area contributed by atoms with Crippen molar-refractivity contribution in [2.45, 2.75) is 26.7 Å². The van der Waals surface area contributed by atoms with Gasteiger partial charge in [-0.05, 0) is 44.0 Å². The Morgan fingerprint density at radius 2 is 2.12 bits per heavy atom. The lowest BCUT2D eigenvalue weighted by Crippen LogP contribution is -2.05. The van der Waals surface area contributed by atoms with Gasteiger partial charge in [0.1, 0.15) is 0 Å². The highest BCUT2D eigenvalue weighted by molar-refractivity contribution is 5.70. The van der Waals surface area contributed by atoms with Crippen molar-refractivity contribution in [3.05, 3.63) is 23.8 Å².